The predicted octanol–water partition coefficient (Wildman–Crippen LogP) is 3.93. The summed E-state index contributed by atoms with van der Waals surface area (Å²) in [4.78, 5) is 24.1. The molecule has 0 heterocycles. The third kappa shape index (κ3) is 2.99. The molecule has 3 atom stereocenters. The number of Topliss-reactive ketones (excluding diaryl/α,β-unsaturated/α-hetero) is 1. The van der Waals surface area contributed by atoms with E-state index in [-0.39, 0.29) is 35.8 Å². The highest BCUT2D eigenvalue weighted by atomic mass is 35.5. The van der Waals surface area contributed by atoms with Gasteiger partial charge in [-0.05, 0) is 42.9 Å². The van der Waals surface area contributed by atoms with E-state index in [0.29, 0.717) is 16.0 Å². The van der Waals surface area contributed by atoms with Crippen LogP contribution in [0.25, 0.3) is 0 Å². The van der Waals surface area contributed by atoms with Crippen molar-refractivity contribution in [1.29, 1.82) is 0 Å². The lowest BCUT2D eigenvalue weighted by Crippen LogP contribution is -2.24. The van der Waals surface area contributed by atoms with Gasteiger partial charge in [-0.1, -0.05) is 35.4 Å². The number of esters is 1. The number of fused-ring (bicyclic) bond motifs is 2. The summed E-state index contributed by atoms with van der Waals surface area (Å²) in [5.74, 6) is 0.0218. The van der Waals surface area contributed by atoms with Gasteiger partial charge < -0.3 is 4.74 Å². The van der Waals surface area contributed by atoms with Crippen molar-refractivity contribution in [2.75, 3.05) is 6.61 Å². The monoisotopic (exact) mass is 324 g/mol. The first kappa shape index (κ1) is 14.6. The molecule has 0 amide bonds. The molecule has 0 saturated heterocycles. The zero-order valence-electron chi connectivity index (χ0n) is 11.2. The van der Waals surface area contributed by atoms with Crippen molar-refractivity contribution in [2.45, 2.75) is 12.8 Å². The number of ketones is 1. The number of halogens is 2. The minimum Gasteiger partial charge on any atom is -0.457 e. The summed E-state index contributed by atoms with van der Waals surface area (Å²) >= 11 is 11.8. The van der Waals surface area contributed by atoms with E-state index in [1.807, 2.05) is 0 Å². The van der Waals surface area contributed by atoms with E-state index in [2.05, 4.69) is 12.2 Å². The van der Waals surface area contributed by atoms with Crippen LogP contribution in [0.2, 0.25) is 10.0 Å². The Morgan fingerprint density at radius 3 is 2.67 bits per heavy atom. The lowest BCUT2D eigenvalue weighted by molar-refractivity contribution is -0.148. The van der Waals surface area contributed by atoms with Crippen molar-refractivity contribution in [3.05, 3.63) is 46.0 Å². The second kappa shape index (κ2) is 5.82. The summed E-state index contributed by atoms with van der Waals surface area (Å²) in [6, 6.07) is 4.65. The molecule has 0 aliphatic heterocycles. The van der Waals surface area contributed by atoms with Crippen molar-refractivity contribution in [3.8, 4) is 0 Å². The zero-order valence-corrected chi connectivity index (χ0v) is 12.7. The average Bonchev–Trinajstić information content (AvgIpc) is 3.09. The summed E-state index contributed by atoms with van der Waals surface area (Å²) in [6.07, 6.45) is 6.08. The molecule has 3 nitrogen and oxygen atoms in total. The third-order valence-corrected chi connectivity index (χ3v) is 4.72. The second-order valence-corrected chi connectivity index (χ2v) is 6.39. The van der Waals surface area contributed by atoms with E-state index in [9.17, 15) is 9.59 Å². The fourth-order valence-corrected chi connectivity index (χ4v) is 3.48. The number of allylic oxidation sites excluding steroid dienone is 2. The molecule has 0 N–H and O–H groups in total. The van der Waals surface area contributed by atoms with Gasteiger partial charge in [-0.2, -0.15) is 0 Å². The Bertz CT molecular complexity index is 624. The van der Waals surface area contributed by atoms with Crippen molar-refractivity contribution >= 4 is 35.0 Å². The van der Waals surface area contributed by atoms with E-state index < -0.39 is 0 Å². The van der Waals surface area contributed by atoms with Gasteiger partial charge in [0, 0.05) is 10.6 Å². The average molecular weight is 325 g/mol. The van der Waals surface area contributed by atoms with Crippen LogP contribution in [-0.4, -0.2) is 18.4 Å². The Labute approximate surface area is 132 Å². The quantitative estimate of drug-likeness (QED) is 0.478. The van der Waals surface area contributed by atoms with Crippen LogP contribution in [0, 0.1) is 17.8 Å². The molecular formula is C16H14Cl2O3. The van der Waals surface area contributed by atoms with Crippen LogP contribution in [-0.2, 0) is 9.53 Å². The molecule has 2 aliphatic rings. The maximum atomic E-state index is 12.1. The van der Waals surface area contributed by atoms with Gasteiger partial charge in [0.25, 0.3) is 0 Å². The van der Waals surface area contributed by atoms with Crippen LogP contribution in [0.1, 0.15) is 23.2 Å². The van der Waals surface area contributed by atoms with Crippen LogP contribution in [0.4, 0.5) is 0 Å². The molecule has 0 radical (unpaired) electrons. The highest BCUT2D eigenvalue weighted by Gasteiger charge is 2.40. The minimum atomic E-state index is -0.338. The van der Waals surface area contributed by atoms with E-state index >= 15 is 0 Å². The molecule has 1 fully saturated rings. The molecule has 3 unspecified atom stereocenters. The van der Waals surface area contributed by atoms with Gasteiger partial charge in [0.05, 0.1) is 10.9 Å². The summed E-state index contributed by atoms with van der Waals surface area (Å²) in [6.45, 7) is -0.295. The second-order valence-electron chi connectivity index (χ2n) is 5.54. The molecular weight excluding hydrogens is 311 g/mol. The molecule has 0 aromatic heterocycles. The van der Waals surface area contributed by atoms with Gasteiger partial charge in [-0.3, -0.25) is 9.59 Å². The Morgan fingerprint density at radius 2 is 2.00 bits per heavy atom. The largest absolute Gasteiger partial charge is 0.457 e. The normalized spacial score (nSPS) is 26.1. The Balaban J connectivity index is 1.60. The number of benzene rings is 1. The Hall–Kier alpha value is -1.32. The lowest BCUT2D eigenvalue weighted by Gasteiger charge is -2.16. The highest BCUT2D eigenvalue weighted by molar-refractivity contribution is 6.36. The van der Waals surface area contributed by atoms with Crippen molar-refractivity contribution < 1.29 is 14.3 Å². The van der Waals surface area contributed by atoms with Gasteiger partial charge >= 0.3 is 5.97 Å². The summed E-state index contributed by atoms with van der Waals surface area (Å²) in [7, 11) is 0. The van der Waals surface area contributed by atoms with Gasteiger partial charge in [-0.15, -0.1) is 0 Å². The molecule has 1 saturated carbocycles. The van der Waals surface area contributed by atoms with Crippen LogP contribution in [0.15, 0.2) is 30.4 Å². The van der Waals surface area contributed by atoms with Crippen LogP contribution in [0.3, 0.4) is 0 Å². The number of hydrogen-bond donors (Lipinski definition) is 0. The third-order valence-electron chi connectivity index (χ3n) is 4.16. The van der Waals surface area contributed by atoms with Gasteiger partial charge in [0.1, 0.15) is 0 Å². The van der Waals surface area contributed by atoms with Gasteiger partial charge in [0.2, 0.25) is 5.78 Å². The molecule has 3 rings (SSSR count). The van der Waals surface area contributed by atoms with E-state index in [1.165, 1.54) is 6.07 Å². The SMILES string of the molecule is O=C(COC(=O)C1CC2C=CC1C2)c1cc(Cl)ccc1Cl. The molecule has 110 valence electrons. The van der Waals surface area contributed by atoms with Crippen LogP contribution >= 0.6 is 23.2 Å². The molecule has 1 aromatic carbocycles. The number of rotatable bonds is 4. The lowest BCUT2D eigenvalue weighted by atomic mass is 9.94. The van der Waals surface area contributed by atoms with Crippen LogP contribution < -0.4 is 0 Å². The summed E-state index contributed by atoms with van der Waals surface area (Å²) < 4.78 is 5.17. The van der Waals surface area contributed by atoms with E-state index in [0.717, 1.165) is 12.8 Å². The molecule has 0 spiro atoms. The Kier molecular flexibility index (Phi) is 4.05. The van der Waals surface area contributed by atoms with E-state index in [1.54, 1.807) is 12.1 Å². The number of carbonyl (C=O) groups is 2. The predicted molar refractivity (Wildman–Crippen MR) is 80.6 cm³/mol. The molecule has 21 heavy (non-hydrogen) atoms. The number of carbonyl (C=O) groups excluding carboxylic acids is 2. The maximum absolute atomic E-state index is 12.1. The fourth-order valence-electron chi connectivity index (χ4n) is 3.08. The van der Waals surface area contributed by atoms with Crippen molar-refractivity contribution in [2.24, 2.45) is 17.8 Å². The smallest absolute Gasteiger partial charge is 0.310 e. The minimum absolute atomic E-state index is 0.109. The van der Waals surface area contributed by atoms with Crippen molar-refractivity contribution in [3.63, 3.8) is 0 Å². The van der Waals surface area contributed by atoms with Crippen LogP contribution in [0.5, 0.6) is 0 Å². The number of ether oxygens (including phenoxy) is 1. The maximum Gasteiger partial charge on any atom is 0.310 e. The summed E-state index contributed by atoms with van der Waals surface area (Å²) in [5, 5.41) is 0.732. The zero-order chi connectivity index (χ0) is 15.0. The molecule has 2 aliphatic carbocycles. The highest BCUT2D eigenvalue weighted by Crippen LogP contribution is 2.43. The first-order valence-electron chi connectivity index (χ1n) is 6.88. The van der Waals surface area contributed by atoms with Crippen molar-refractivity contribution in [1.82, 2.24) is 0 Å². The standard InChI is InChI=1S/C16H14Cl2O3/c17-11-3-4-14(18)13(7-11)15(19)8-21-16(20)12-6-9-1-2-10(12)5-9/h1-4,7,9-10,12H,5-6,8H2. The first-order chi connectivity index (χ1) is 10.0. The topological polar surface area (TPSA) is 43.4 Å². The van der Waals surface area contributed by atoms with E-state index in [4.69, 9.17) is 27.9 Å². The fraction of sp³-hybridized carbons (Fsp3) is 0.375. The molecule has 1 aromatic rings. The number of hydrogen-bond acceptors (Lipinski definition) is 3. The summed E-state index contributed by atoms with van der Waals surface area (Å²) in [5.41, 5.74) is 0.282. The molecule has 2 bridgehead atoms. The first-order valence-corrected chi connectivity index (χ1v) is 7.63. The Morgan fingerprint density at radius 1 is 1.19 bits per heavy atom. The van der Waals surface area contributed by atoms with Gasteiger partial charge in [0.15, 0.2) is 6.61 Å². The molecule has 5 heteroatoms. The van der Waals surface area contributed by atoms with Gasteiger partial charge in [-0.25, -0.2) is 0 Å².